The van der Waals surface area contributed by atoms with E-state index >= 15 is 0 Å². The van der Waals surface area contributed by atoms with Crippen LogP contribution in [0.1, 0.15) is 149 Å². The number of allylic oxidation sites excluding steroid dienone is 3. The van der Waals surface area contributed by atoms with Crippen LogP contribution in [0.15, 0.2) is 24.3 Å². The minimum atomic E-state index is -1.39. The zero-order valence-electron chi connectivity index (χ0n) is 27.7. The zero-order valence-corrected chi connectivity index (χ0v) is 27.7. The maximum absolute atomic E-state index is 12.5. The number of esters is 1. The van der Waals surface area contributed by atoms with Crippen molar-refractivity contribution in [3.63, 3.8) is 0 Å². The van der Waals surface area contributed by atoms with E-state index in [2.05, 4.69) is 42.7 Å². The molecule has 0 aromatic heterocycles. The molecule has 0 aliphatic heterocycles. The molecule has 44 heavy (non-hydrogen) atoms. The molecule has 0 heterocycles. The van der Waals surface area contributed by atoms with Crippen LogP contribution in [-0.4, -0.2) is 59.3 Å². The molecule has 0 spiro atoms. The van der Waals surface area contributed by atoms with Crippen LogP contribution in [0.5, 0.6) is 0 Å². The van der Waals surface area contributed by atoms with Gasteiger partial charge < -0.3 is 25.6 Å². The quantitative estimate of drug-likeness (QED) is 0.0387. The van der Waals surface area contributed by atoms with Gasteiger partial charge in [0.2, 0.25) is 11.8 Å². The number of nitrogens with one attached hydrogen (secondary N) is 2. The summed E-state index contributed by atoms with van der Waals surface area (Å²) in [6.45, 7) is 3.35. The Balaban J connectivity index is 4.27. The lowest BCUT2D eigenvalue weighted by Crippen LogP contribution is -2.47. The molecule has 0 aliphatic rings. The van der Waals surface area contributed by atoms with E-state index in [9.17, 15) is 19.2 Å². The van der Waals surface area contributed by atoms with Crippen LogP contribution in [0.4, 0.5) is 0 Å². The number of rotatable bonds is 30. The van der Waals surface area contributed by atoms with E-state index in [0.29, 0.717) is 12.8 Å². The number of amides is 2. The summed E-state index contributed by atoms with van der Waals surface area (Å²) < 4.78 is 5.83. The van der Waals surface area contributed by atoms with Gasteiger partial charge in [0.1, 0.15) is 12.1 Å². The third-order valence-electron chi connectivity index (χ3n) is 7.41. The topological polar surface area (TPSA) is 142 Å². The number of aliphatic hydroxyl groups is 1. The highest BCUT2D eigenvalue weighted by Gasteiger charge is 2.18. The number of carboxylic acids is 1. The summed E-state index contributed by atoms with van der Waals surface area (Å²) in [5.74, 6) is -2.42. The van der Waals surface area contributed by atoms with Crippen molar-refractivity contribution < 1.29 is 34.1 Å². The van der Waals surface area contributed by atoms with E-state index in [-0.39, 0.29) is 30.9 Å². The average Bonchev–Trinajstić information content (AvgIpc) is 3.00. The molecule has 254 valence electrons. The fourth-order valence-corrected chi connectivity index (χ4v) is 4.66. The van der Waals surface area contributed by atoms with Crippen molar-refractivity contribution in [1.82, 2.24) is 10.6 Å². The van der Waals surface area contributed by atoms with Gasteiger partial charge in [-0.05, 0) is 63.9 Å². The number of ether oxygens (including phenoxy) is 1. The fourth-order valence-electron chi connectivity index (χ4n) is 4.66. The lowest BCUT2D eigenvalue weighted by Gasteiger charge is -2.15. The molecule has 0 aromatic carbocycles. The molecule has 0 saturated carbocycles. The first-order valence-electron chi connectivity index (χ1n) is 17.2. The Kier molecular flexibility index (Phi) is 28.5. The van der Waals surface area contributed by atoms with Gasteiger partial charge in [0.15, 0.2) is 0 Å². The highest BCUT2D eigenvalue weighted by molar-refractivity contribution is 5.87. The van der Waals surface area contributed by atoms with Crippen molar-refractivity contribution in [2.75, 3.05) is 13.2 Å². The van der Waals surface area contributed by atoms with Crippen LogP contribution in [-0.2, 0) is 23.9 Å². The molecule has 0 aliphatic carbocycles. The lowest BCUT2D eigenvalue weighted by atomic mass is 10.1. The number of aliphatic hydroxyl groups excluding tert-OH is 1. The lowest BCUT2D eigenvalue weighted by molar-refractivity contribution is -0.147. The van der Waals surface area contributed by atoms with Crippen molar-refractivity contribution in [3.05, 3.63) is 24.3 Å². The molecule has 0 fully saturated rings. The van der Waals surface area contributed by atoms with Crippen LogP contribution in [0.25, 0.3) is 0 Å². The Morgan fingerprint density at radius 1 is 0.682 bits per heavy atom. The number of carbonyl (C=O) groups is 4. The maximum atomic E-state index is 12.5. The first-order chi connectivity index (χ1) is 21.3. The van der Waals surface area contributed by atoms with Crippen molar-refractivity contribution in [3.8, 4) is 0 Å². The van der Waals surface area contributed by atoms with Gasteiger partial charge >= 0.3 is 11.9 Å². The van der Waals surface area contributed by atoms with Crippen molar-refractivity contribution in [2.24, 2.45) is 0 Å². The molecule has 9 heteroatoms. The minimum Gasteiger partial charge on any atom is -0.480 e. The summed E-state index contributed by atoms with van der Waals surface area (Å²) in [6.07, 6.45) is 29.4. The van der Waals surface area contributed by atoms with E-state index in [0.717, 1.165) is 64.2 Å². The molecule has 0 saturated heterocycles. The second kappa shape index (κ2) is 30.4. The summed E-state index contributed by atoms with van der Waals surface area (Å²) in [6, 6.07) is -1.39. The van der Waals surface area contributed by atoms with Crippen LogP contribution in [0.2, 0.25) is 0 Å². The number of unbranched alkanes of at least 4 members (excludes halogenated alkanes) is 14. The van der Waals surface area contributed by atoms with Gasteiger partial charge in [-0.2, -0.15) is 0 Å². The number of carbonyl (C=O) groups excluding carboxylic acids is 3. The van der Waals surface area contributed by atoms with Gasteiger partial charge in [-0.15, -0.1) is 0 Å². The SMILES string of the molecule is CCCC/C=C\CCCCCCCC(=O)OC(/C=C\CCCCCC)CCCCCCC(=O)NCC(=O)NC(CO)C(=O)O. The molecule has 4 N–H and O–H groups in total. The van der Waals surface area contributed by atoms with Crippen LogP contribution >= 0.6 is 0 Å². The van der Waals surface area contributed by atoms with E-state index in [1.807, 2.05) is 6.08 Å². The van der Waals surface area contributed by atoms with Crippen molar-refractivity contribution >= 4 is 23.8 Å². The minimum absolute atomic E-state index is 0.126. The molecule has 2 atom stereocenters. The average molecular weight is 623 g/mol. The molecule has 2 unspecified atom stereocenters. The summed E-state index contributed by atoms with van der Waals surface area (Å²) in [7, 11) is 0. The molecule has 0 radical (unpaired) electrons. The number of aliphatic carboxylic acids is 1. The van der Waals surface area contributed by atoms with Crippen LogP contribution in [0.3, 0.4) is 0 Å². The number of carboxylic acid groups (broad SMARTS) is 1. The Bertz CT molecular complexity index is 813. The standard InChI is InChI=1S/C35H62N2O7/c1-3-5-7-9-11-12-13-14-15-17-23-27-34(41)44-30(24-20-16-10-8-6-4-2)25-21-18-19-22-26-32(39)36-28-33(40)37-31(29-38)35(42)43/h9,11,20,24,30-31,38H,3-8,10,12-19,21-23,25-29H2,1-2H3,(H,36,39)(H,37,40)(H,42,43)/b11-9-,24-20-. The Morgan fingerprint density at radius 3 is 1.91 bits per heavy atom. The van der Waals surface area contributed by atoms with E-state index in [1.54, 1.807) is 0 Å². The Morgan fingerprint density at radius 2 is 1.25 bits per heavy atom. The smallest absolute Gasteiger partial charge is 0.328 e. The van der Waals surface area contributed by atoms with Crippen molar-refractivity contribution in [1.29, 1.82) is 0 Å². The van der Waals surface area contributed by atoms with Crippen LogP contribution in [0, 0.1) is 0 Å². The second-order valence-corrected chi connectivity index (χ2v) is 11.6. The molecule has 0 rings (SSSR count). The van der Waals surface area contributed by atoms with Gasteiger partial charge in [0.25, 0.3) is 0 Å². The van der Waals surface area contributed by atoms with Gasteiger partial charge in [-0.3, -0.25) is 14.4 Å². The van der Waals surface area contributed by atoms with Gasteiger partial charge in [0.05, 0.1) is 13.2 Å². The monoisotopic (exact) mass is 622 g/mol. The van der Waals surface area contributed by atoms with E-state index in [1.165, 1.54) is 51.4 Å². The highest BCUT2D eigenvalue weighted by Crippen LogP contribution is 2.15. The number of hydrogen-bond acceptors (Lipinski definition) is 6. The Labute approximate surface area is 266 Å². The van der Waals surface area contributed by atoms with Gasteiger partial charge in [-0.25, -0.2) is 4.79 Å². The second-order valence-electron chi connectivity index (χ2n) is 11.6. The van der Waals surface area contributed by atoms with Crippen LogP contribution < -0.4 is 10.6 Å². The molecule has 9 nitrogen and oxygen atoms in total. The summed E-state index contributed by atoms with van der Waals surface area (Å²) in [5, 5.41) is 22.4. The van der Waals surface area contributed by atoms with E-state index in [4.69, 9.17) is 14.9 Å². The highest BCUT2D eigenvalue weighted by atomic mass is 16.5. The third-order valence-corrected chi connectivity index (χ3v) is 7.41. The summed E-state index contributed by atoms with van der Waals surface area (Å²) in [4.78, 5) is 47.1. The Hall–Kier alpha value is -2.68. The first-order valence-corrected chi connectivity index (χ1v) is 17.2. The largest absolute Gasteiger partial charge is 0.480 e. The van der Waals surface area contributed by atoms with E-state index < -0.39 is 24.5 Å². The molecule has 0 bridgehead atoms. The zero-order chi connectivity index (χ0) is 32.7. The maximum Gasteiger partial charge on any atom is 0.328 e. The molecular formula is C35H62N2O7. The first kappa shape index (κ1) is 41.3. The summed E-state index contributed by atoms with van der Waals surface area (Å²) in [5.41, 5.74) is 0. The normalized spacial score (nSPS) is 12.8. The summed E-state index contributed by atoms with van der Waals surface area (Å²) >= 11 is 0. The van der Waals surface area contributed by atoms with Gasteiger partial charge in [-0.1, -0.05) is 96.3 Å². The van der Waals surface area contributed by atoms with Crippen molar-refractivity contribution in [2.45, 2.75) is 161 Å². The molecule has 0 aromatic rings. The predicted molar refractivity (Wildman–Crippen MR) is 176 cm³/mol. The number of hydrogen-bond donors (Lipinski definition) is 4. The predicted octanol–water partition coefficient (Wildman–Crippen LogP) is 6.92. The fraction of sp³-hybridized carbons (Fsp3) is 0.771. The molecule has 2 amide bonds. The van der Waals surface area contributed by atoms with Gasteiger partial charge in [0, 0.05) is 12.8 Å². The third kappa shape index (κ3) is 26.9. The molecular weight excluding hydrogens is 560 g/mol.